The molecule has 0 aromatic heterocycles. The van der Waals surface area contributed by atoms with E-state index in [-0.39, 0.29) is 20.1 Å². The Kier molecular flexibility index (Phi) is 10.7. The van der Waals surface area contributed by atoms with Gasteiger partial charge >= 0.3 is 0 Å². The van der Waals surface area contributed by atoms with Crippen molar-refractivity contribution < 1.29 is 4.74 Å². The average molecular weight is 1110 g/mol. The second-order valence-electron chi connectivity index (χ2n) is 24.2. The Hall–Kier alpha value is -11.1. The second kappa shape index (κ2) is 18.4. The number of hydrogen-bond acceptors (Lipinski definition) is 8. The Morgan fingerprint density at radius 2 is 0.851 bits per heavy atom. The fraction of sp³-hybridized carbons (Fsp3) is 0.0800. The van der Waals surface area contributed by atoms with E-state index >= 15 is 0 Å². The summed E-state index contributed by atoms with van der Waals surface area (Å²) in [5, 5.41) is 25.8. The molecule has 6 aliphatic heterocycles. The zero-order chi connectivity index (χ0) is 58.8. The predicted molar refractivity (Wildman–Crippen MR) is 359 cm³/mol. The third-order valence-electron chi connectivity index (χ3n) is 18.9. The maximum absolute atomic E-state index is 11.1. The summed E-state index contributed by atoms with van der Waals surface area (Å²) in [6, 6.07) is 74.3. The third-order valence-corrected chi connectivity index (χ3v) is 18.9. The molecule has 6 aliphatic rings. The fourth-order valence-corrected chi connectivity index (χ4v) is 15.9. The minimum absolute atomic E-state index is 0.211. The first-order valence-electron chi connectivity index (χ1n) is 29.6. The zero-order valence-electron chi connectivity index (χ0n) is 48.7. The summed E-state index contributed by atoms with van der Waals surface area (Å²) in [6.45, 7) is 20.9. The maximum Gasteiger partial charge on any atom is 0.256 e. The lowest BCUT2D eigenvalue weighted by Crippen LogP contribution is -2.65. The maximum atomic E-state index is 11.1. The first-order chi connectivity index (χ1) is 42.5. The smallest absolute Gasteiger partial charge is 0.256 e. The van der Waals surface area contributed by atoms with Gasteiger partial charge in [-0.3, -0.25) is 0 Å². The van der Waals surface area contributed by atoms with Crippen LogP contribution in [0.5, 0.6) is 11.5 Å². The number of fused-ring (bicyclic) bond motifs is 12. The molecule has 0 amide bonds. The summed E-state index contributed by atoms with van der Waals surface area (Å²) in [4.78, 5) is 13.7. The molecule has 0 saturated heterocycles. The van der Waals surface area contributed by atoms with E-state index in [0.29, 0.717) is 28.3 Å². The largest absolute Gasteiger partial charge is 0.458 e. The highest BCUT2D eigenvalue weighted by Crippen LogP contribution is 2.51. The summed E-state index contributed by atoms with van der Waals surface area (Å²) in [5.74, 6) is 1.34. The van der Waals surface area contributed by atoms with Crippen molar-refractivity contribution in [3.8, 4) is 23.6 Å². The molecule has 0 aliphatic carbocycles. The molecule has 12 heteroatoms. The molecule has 0 unspecified atom stereocenters. The molecular weight excluding hydrogens is 1060 g/mol. The molecule has 17 rings (SSSR count). The number of aryl methyl sites for hydroxylation is 6. The molecule has 406 valence electrons. The van der Waals surface area contributed by atoms with E-state index < -0.39 is 0 Å². The van der Waals surface area contributed by atoms with E-state index in [1.54, 1.807) is 0 Å². The van der Waals surface area contributed by atoms with Gasteiger partial charge in [-0.2, -0.15) is 10.5 Å². The molecule has 0 radical (unpaired) electrons. The van der Waals surface area contributed by atoms with E-state index in [0.717, 1.165) is 146 Å². The molecule has 11 aromatic carbocycles. The monoisotopic (exact) mass is 1110 g/mol. The Labute approximate surface area is 507 Å². The molecule has 0 fully saturated rings. The van der Waals surface area contributed by atoms with Gasteiger partial charge in [-0.05, 0) is 192 Å². The van der Waals surface area contributed by atoms with Gasteiger partial charge < -0.3 is 29.7 Å². The van der Waals surface area contributed by atoms with Crippen LogP contribution in [0.2, 0.25) is 0 Å². The minimum Gasteiger partial charge on any atom is -0.458 e. The van der Waals surface area contributed by atoms with Crippen LogP contribution in [0.4, 0.5) is 85.3 Å². The van der Waals surface area contributed by atoms with Crippen LogP contribution in [0.3, 0.4) is 0 Å². The molecule has 87 heavy (non-hydrogen) atoms. The van der Waals surface area contributed by atoms with Crippen molar-refractivity contribution in [2.45, 2.75) is 41.5 Å². The van der Waals surface area contributed by atoms with Crippen molar-refractivity contribution in [3.05, 3.63) is 250 Å². The Balaban J connectivity index is 0.974. The highest BCUT2D eigenvalue weighted by atomic mass is 16.5. The van der Waals surface area contributed by atoms with Crippen LogP contribution >= 0.6 is 0 Å². The first-order valence-corrected chi connectivity index (χ1v) is 29.6. The van der Waals surface area contributed by atoms with Crippen LogP contribution in [0.1, 0.15) is 44.5 Å². The van der Waals surface area contributed by atoms with Gasteiger partial charge in [0, 0.05) is 74.3 Å². The summed E-state index contributed by atoms with van der Waals surface area (Å²) in [6.07, 6.45) is 0. The van der Waals surface area contributed by atoms with Gasteiger partial charge in [0.15, 0.2) is 5.69 Å². The normalized spacial score (nSPS) is 13.6. The lowest BCUT2D eigenvalue weighted by Gasteiger charge is -2.46. The van der Waals surface area contributed by atoms with Crippen molar-refractivity contribution >= 4 is 155 Å². The lowest BCUT2D eigenvalue weighted by atomic mass is 9.29. The number of rotatable bonds is 4. The second-order valence-corrected chi connectivity index (χ2v) is 24.2. The van der Waals surface area contributed by atoms with Gasteiger partial charge in [0.25, 0.3) is 20.1 Å². The quantitative estimate of drug-likeness (QED) is 0.138. The molecular formula is C75H51B3N8O. The van der Waals surface area contributed by atoms with Crippen molar-refractivity contribution in [2.75, 3.05) is 24.9 Å². The number of benzene rings is 11. The number of nitrogens with one attached hydrogen (secondary N) is 1. The highest BCUT2D eigenvalue weighted by Gasteiger charge is 2.50. The Morgan fingerprint density at radius 3 is 1.40 bits per heavy atom. The Morgan fingerprint density at radius 1 is 0.391 bits per heavy atom. The van der Waals surface area contributed by atoms with Crippen molar-refractivity contribution in [1.82, 2.24) is 0 Å². The third kappa shape index (κ3) is 7.09. The van der Waals surface area contributed by atoms with Gasteiger partial charge in [0.1, 0.15) is 11.5 Å². The van der Waals surface area contributed by atoms with Crippen molar-refractivity contribution in [1.29, 1.82) is 10.5 Å². The van der Waals surface area contributed by atoms with Crippen LogP contribution in [-0.2, 0) is 0 Å². The summed E-state index contributed by atoms with van der Waals surface area (Å²) in [7, 11) is 0. The molecule has 0 saturated carbocycles. The van der Waals surface area contributed by atoms with Crippen LogP contribution in [-0.4, -0.2) is 20.1 Å². The average Bonchev–Trinajstić information content (AvgIpc) is 0.711. The molecule has 0 spiro atoms. The van der Waals surface area contributed by atoms with Gasteiger partial charge in [-0.15, -0.1) is 0 Å². The summed E-state index contributed by atoms with van der Waals surface area (Å²) in [5.41, 5.74) is 32.2. The molecule has 0 bridgehead atoms. The minimum atomic E-state index is -0.373. The van der Waals surface area contributed by atoms with Crippen LogP contribution in [0.25, 0.3) is 4.85 Å². The van der Waals surface area contributed by atoms with E-state index in [4.69, 9.17) is 11.3 Å². The standard InChI is InChI=1S/C75H51B3N8O/c1-42-26-44(3)74(45(4)27-42)85-63-38-59-55(76-53-22-14-16-24-61(53)83(51-18-10-8-11-19-51)65-31-48(40-79)30-60(82-59)71(65)76)36-56(63)78-58-37-57-64(39-69(58)87-70-33-49(41-80)32-66(85)73(70)78)86(75-46(5)28-43(2)29-47(75)6)68-35-50(81-7)34-67-72(68)77(57)54-23-15-17-25-62(54)84(67)52-20-12-9-13-21-52/h8-39,82H,1-6H3. The van der Waals surface area contributed by atoms with Crippen LogP contribution < -0.4 is 78.8 Å². The van der Waals surface area contributed by atoms with Crippen LogP contribution in [0, 0.1) is 70.8 Å². The fourth-order valence-electron chi connectivity index (χ4n) is 15.9. The lowest BCUT2D eigenvalue weighted by molar-refractivity contribution is 0.487. The van der Waals surface area contributed by atoms with E-state index in [9.17, 15) is 10.5 Å². The van der Waals surface area contributed by atoms with E-state index in [1.165, 1.54) is 16.6 Å². The predicted octanol–water partition coefficient (Wildman–Crippen LogP) is 12.7. The van der Waals surface area contributed by atoms with Gasteiger partial charge in [-0.1, -0.05) is 120 Å². The number of nitrogens with zero attached hydrogens (tertiary/aromatic N) is 7. The number of para-hydroxylation sites is 4. The van der Waals surface area contributed by atoms with E-state index in [2.05, 4.69) is 259 Å². The first kappa shape index (κ1) is 50.4. The van der Waals surface area contributed by atoms with Crippen molar-refractivity contribution in [2.24, 2.45) is 0 Å². The topological polar surface area (TPSA) is 86.2 Å². The molecule has 9 nitrogen and oxygen atoms in total. The number of anilines is 14. The molecule has 0 atom stereocenters. The number of ether oxygens (including phenoxy) is 1. The highest BCUT2D eigenvalue weighted by molar-refractivity contribution is 7.04. The van der Waals surface area contributed by atoms with Gasteiger partial charge in [-0.25, -0.2) is 4.85 Å². The molecule has 1 N–H and O–H groups in total. The van der Waals surface area contributed by atoms with E-state index in [1.807, 2.05) is 18.2 Å². The number of nitriles is 2. The molecule has 11 aromatic rings. The Bertz CT molecular complexity index is 5020. The van der Waals surface area contributed by atoms with Crippen LogP contribution in [0.15, 0.2) is 194 Å². The zero-order valence-corrected chi connectivity index (χ0v) is 48.7. The molecule has 6 heterocycles. The van der Waals surface area contributed by atoms with Gasteiger partial charge in [0.2, 0.25) is 0 Å². The summed E-state index contributed by atoms with van der Waals surface area (Å²) >= 11 is 0. The van der Waals surface area contributed by atoms with Crippen molar-refractivity contribution in [3.63, 3.8) is 0 Å². The van der Waals surface area contributed by atoms with Gasteiger partial charge in [0.05, 0.1) is 41.2 Å². The number of hydrogen-bond donors (Lipinski definition) is 1. The summed E-state index contributed by atoms with van der Waals surface area (Å²) < 4.78 is 7.50. The SMILES string of the molecule is [C-]#[N+]c1cc2c3c(c1)N(c1c(C)cc(C)cc1C)c1cc4c(cc1B3c1ccccc1N2c1ccccc1)B1c2cc3c(cc2N(c2c(C)cc(C)cc2C)c2cc(C#N)cc(c21)O4)Nc1cc(C#N)cc2c1B3c1ccccc1N2c1ccccc1.